The van der Waals surface area contributed by atoms with Crippen LogP contribution >= 0.6 is 11.8 Å². The van der Waals surface area contributed by atoms with E-state index in [1.807, 2.05) is 0 Å². The highest BCUT2D eigenvalue weighted by Gasteiger charge is 2.15. The summed E-state index contributed by atoms with van der Waals surface area (Å²) in [6.07, 6.45) is 0. The number of aryl methyl sites for hydroxylation is 1. The molecule has 0 saturated heterocycles. The second kappa shape index (κ2) is 5.57. The van der Waals surface area contributed by atoms with Crippen LogP contribution in [0.2, 0.25) is 0 Å². The molecule has 0 aliphatic rings. The lowest BCUT2D eigenvalue weighted by molar-refractivity contribution is 0.296. The minimum absolute atomic E-state index is 0.131. The second-order valence-electron chi connectivity index (χ2n) is 3.69. The number of aromatic amines is 1. The quantitative estimate of drug-likeness (QED) is 0.244. The average Bonchev–Trinajstić information content (AvgIpc) is 2.87. The number of rotatable bonds is 4. The molecular weight excluding hydrogens is 270 g/mol. The van der Waals surface area contributed by atoms with Gasteiger partial charge in [-0.25, -0.2) is 4.63 Å². The van der Waals surface area contributed by atoms with E-state index in [9.17, 15) is 4.79 Å². The molecule has 0 atom stereocenters. The van der Waals surface area contributed by atoms with Crippen molar-refractivity contribution in [2.45, 2.75) is 17.7 Å². The molecule has 0 bridgehead atoms. The fourth-order valence-electron chi connectivity index (χ4n) is 1.30. The largest absolute Gasteiger partial charge is 0.409 e. The molecular formula is C10H11N5O3S. The highest BCUT2D eigenvalue weighted by atomic mass is 32.2. The molecule has 4 N–H and O–H groups in total. The summed E-state index contributed by atoms with van der Waals surface area (Å²) < 4.78 is 4.54. The third kappa shape index (κ3) is 2.94. The van der Waals surface area contributed by atoms with Crippen molar-refractivity contribution in [3.05, 3.63) is 39.4 Å². The van der Waals surface area contributed by atoms with Crippen LogP contribution in [0.15, 0.2) is 31.7 Å². The van der Waals surface area contributed by atoms with Crippen LogP contribution in [-0.4, -0.2) is 26.3 Å². The first-order valence-electron chi connectivity index (χ1n) is 5.24. The number of amidine groups is 1. The molecule has 2 aromatic heterocycles. The lowest BCUT2D eigenvalue weighted by Gasteiger charge is -2.00. The van der Waals surface area contributed by atoms with E-state index in [-0.39, 0.29) is 17.1 Å². The van der Waals surface area contributed by atoms with Crippen molar-refractivity contribution in [2.75, 3.05) is 0 Å². The van der Waals surface area contributed by atoms with Gasteiger partial charge in [-0.2, -0.15) is 0 Å². The summed E-state index contributed by atoms with van der Waals surface area (Å²) in [5, 5.41) is 19.0. The number of nitrogens with one attached hydrogen (secondary N) is 1. The third-order valence-corrected chi connectivity index (χ3v) is 3.34. The van der Waals surface area contributed by atoms with Crippen molar-refractivity contribution >= 4 is 17.6 Å². The zero-order chi connectivity index (χ0) is 13.8. The normalized spacial score (nSPS) is 11.7. The first kappa shape index (κ1) is 13.1. The predicted octanol–water partition coefficient (Wildman–Crippen LogP) is 0.453. The molecule has 0 aliphatic carbocycles. The predicted molar refractivity (Wildman–Crippen MR) is 68.2 cm³/mol. The topological polar surface area (TPSA) is 130 Å². The Bertz CT molecular complexity index is 663. The van der Waals surface area contributed by atoms with Gasteiger partial charge in [-0.15, -0.1) is 0 Å². The van der Waals surface area contributed by atoms with Crippen LogP contribution in [0.25, 0.3) is 0 Å². The molecule has 0 amide bonds. The van der Waals surface area contributed by atoms with E-state index in [1.54, 1.807) is 19.1 Å². The van der Waals surface area contributed by atoms with Crippen LogP contribution < -0.4 is 11.3 Å². The van der Waals surface area contributed by atoms with E-state index in [4.69, 9.17) is 10.9 Å². The Morgan fingerprint density at radius 2 is 2.37 bits per heavy atom. The number of pyridine rings is 1. The molecule has 0 unspecified atom stereocenters. The number of aromatic nitrogens is 3. The molecule has 0 saturated carbocycles. The molecule has 2 aromatic rings. The molecule has 0 fully saturated rings. The molecule has 100 valence electrons. The van der Waals surface area contributed by atoms with Crippen LogP contribution in [0.3, 0.4) is 0 Å². The van der Waals surface area contributed by atoms with Gasteiger partial charge in [0.1, 0.15) is 0 Å². The second-order valence-corrected chi connectivity index (χ2v) is 4.65. The molecule has 2 rings (SSSR count). The van der Waals surface area contributed by atoms with Crippen LogP contribution in [-0.2, 0) is 5.75 Å². The maximum Gasteiger partial charge on any atom is 0.251 e. The molecule has 0 aliphatic heterocycles. The van der Waals surface area contributed by atoms with Gasteiger partial charge in [0.25, 0.3) is 5.56 Å². The first-order chi connectivity index (χ1) is 9.11. The van der Waals surface area contributed by atoms with Crippen molar-refractivity contribution in [3.63, 3.8) is 0 Å². The number of thioether (sulfide) groups is 1. The van der Waals surface area contributed by atoms with Gasteiger partial charge >= 0.3 is 0 Å². The number of nitrogens with two attached hydrogens (primary N) is 1. The Balaban J connectivity index is 2.13. The van der Waals surface area contributed by atoms with Gasteiger partial charge in [0, 0.05) is 17.0 Å². The van der Waals surface area contributed by atoms with Gasteiger partial charge in [0.2, 0.25) is 0 Å². The smallest absolute Gasteiger partial charge is 0.251 e. The van der Waals surface area contributed by atoms with Crippen LogP contribution in [0.5, 0.6) is 0 Å². The molecule has 0 aromatic carbocycles. The molecule has 0 radical (unpaired) electrons. The minimum atomic E-state index is -0.179. The van der Waals surface area contributed by atoms with Gasteiger partial charge in [-0.05, 0) is 23.3 Å². The highest BCUT2D eigenvalue weighted by molar-refractivity contribution is 7.98. The summed E-state index contributed by atoms with van der Waals surface area (Å²) in [5.41, 5.74) is 6.83. The Morgan fingerprint density at radius 1 is 1.58 bits per heavy atom. The van der Waals surface area contributed by atoms with Crippen LogP contribution in [0, 0.1) is 6.92 Å². The maximum atomic E-state index is 11.4. The molecule has 19 heavy (non-hydrogen) atoms. The zero-order valence-corrected chi connectivity index (χ0v) is 10.8. The zero-order valence-electron chi connectivity index (χ0n) is 9.95. The first-order valence-corrected chi connectivity index (χ1v) is 6.22. The van der Waals surface area contributed by atoms with Crippen LogP contribution in [0.1, 0.15) is 17.0 Å². The summed E-state index contributed by atoms with van der Waals surface area (Å²) in [7, 11) is 0. The molecule has 2 heterocycles. The number of oxime groups is 1. The fourth-order valence-corrected chi connectivity index (χ4v) is 2.12. The van der Waals surface area contributed by atoms with Gasteiger partial charge in [0.15, 0.2) is 16.6 Å². The van der Waals surface area contributed by atoms with Crippen molar-refractivity contribution < 1.29 is 9.84 Å². The number of H-pyrrole nitrogens is 1. The van der Waals surface area contributed by atoms with Crippen molar-refractivity contribution in [3.8, 4) is 0 Å². The van der Waals surface area contributed by atoms with E-state index >= 15 is 0 Å². The SMILES string of the molecule is Cc1ccc(CSc2nonc2/C(N)=N/O)[nH]c1=O. The fraction of sp³-hybridized carbons (Fsp3) is 0.200. The Labute approximate surface area is 111 Å². The van der Waals surface area contributed by atoms with Gasteiger partial charge in [0.05, 0.1) is 0 Å². The third-order valence-electron chi connectivity index (χ3n) is 2.34. The Morgan fingerprint density at radius 3 is 3.05 bits per heavy atom. The number of hydrogen-bond acceptors (Lipinski definition) is 7. The summed E-state index contributed by atoms with van der Waals surface area (Å²) in [5.74, 6) is 0.274. The van der Waals surface area contributed by atoms with E-state index in [2.05, 4.69) is 25.1 Å². The summed E-state index contributed by atoms with van der Waals surface area (Å²) in [4.78, 5) is 14.2. The van der Waals surface area contributed by atoms with Gasteiger partial charge < -0.3 is 15.9 Å². The van der Waals surface area contributed by atoms with E-state index in [0.717, 1.165) is 5.69 Å². The number of hydrogen-bond donors (Lipinski definition) is 3. The molecule has 8 nitrogen and oxygen atoms in total. The highest BCUT2D eigenvalue weighted by Crippen LogP contribution is 2.22. The van der Waals surface area contributed by atoms with E-state index in [1.165, 1.54) is 11.8 Å². The van der Waals surface area contributed by atoms with Crippen molar-refractivity contribution in [1.29, 1.82) is 0 Å². The minimum Gasteiger partial charge on any atom is -0.409 e. The lowest BCUT2D eigenvalue weighted by Crippen LogP contribution is -2.14. The summed E-state index contributed by atoms with van der Waals surface area (Å²) in [6, 6.07) is 3.54. The van der Waals surface area contributed by atoms with Crippen LogP contribution in [0.4, 0.5) is 0 Å². The van der Waals surface area contributed by atoms with Gasteiger partial charge in [-0.1, -0.05) is 23.0 Å². The average molecular weight is 281 g/mol. The van der Waals surface area contributed by atoms with Crippen molar-refractivity contribution in [2.24, 2.45) is 10.9 Å². The summed E-state index contributed by atoms with van der Waals surface area (Å²) in [6.45, 7) is 1.73. The van der Waals surface area contributed by atoms with E-state index < -0.39 is 0 Å². The molecule has 9 heteroatoms. The standard InChI is InChI=1S/C10H11N5O3S/c1-5-2-3-6(12-9(5)16)4-19-10-7(8(11)13-17)14-18-15-10/h2-3,17H,4H2,1H3,(H2,11,13)(H,12,16). The lowest BCUT2D eigenvalue weighted by atomic mass is 10.3. The molecule has 0 spiro atoms. The number of nitrogens with zero attached hydrogens (tertiary/aromatic N) is 3. The monoisotopic (exact) mass is 281 g/mol. The van der Waals surface area contributed by atoms with Gasteiger partial charge in [-0.3, -0.25) is 4.79 Å². The van der Waals surface area contributed by atoms with E-state index in [0.29, 0.717) is 16.3 Å². The van der Waals surface area contributed by atoms with Crippen molar-refractivity contribution in [1.82, 2.24) is 15.3 Å². The Hall–Kier alpha value is -2.29. The Kier molecular flexibility index (Phi) is 3.85. The summed E-state index contributed by atoms with van der Waals surface area (Å²) >= 11 is 1.26. The maximum absolute atomic E-state index is 11.4.